The molecule has 0 bridgehead atoms. The van der Waals surface area contributed by atoms with Crippen molar-refractivity contribution in [3.63, 3.8) is 0 Å². The van der Waals surface area contributed by atoms with E-state index in [1.54, 1.807) is 38.1 Å². The summed E-state index contributed by atoms with van der Waals surface area (Å²) in [6.07, 6.45) is -2.91. The molecule has 0 spiro atoms. The van der Waals surface area contributed by atoms with Gasteiger partial charge in [-0.2, -0.15) is 30.2 Å². The lowest BCUT2D eigenvalue weighted by Gasteiger charge is -2.26. The van der Waals surface area contributed by atoms with Gasteiger partial charge < -0.3 is 13.9 Å². The van der Waals surface area contributed by atoms with E-state index in [9.17, 15) is 26.4 Å². The molecule has 2 aromatic carbocycles. The Hall–Kier alpha value is -3.42. The second kappa shape index (κ2) is 12.4. The smallest absolute Gasteiger partial charge is 0.416 e. The molecule has 13 heteroatoms. The first-order chi connectivity index (χ1) is 19.0. The van der Waals surface area contributed by atoms with Gasteiger partial charge in [0.15, 0.2) is 0 Å². The summed E-state index contributed by atoms with van der Waals surface area (Å²) in [5, 5.41) is 0. The van der Waals surface area contributed by atoms with Crippen LogP contribution in [0, 0.1) is 6.92 Å². The van der Waals surface area contributed by atoms with Gasteiger partial charge in [-0.1, -0.05) is 12.1 Å². The van der Waals surface area contributed by atoms with Crippen LogP contribution in [0.25, 0.3) is 11.5 Å². The van der Waals surface area contributed by atoms with Crippen molar-refractivity contribution >= 4 is 16.2 Å². The summed E-state index contributed by atoms with van der Waals surface area (Å²) in [6.45, 7) is 3.80. The normalized spacial score (nSPS) is 14.6. The molecule has 0 radical (unpaired) electrons. The van der Waals surface area contributed by atoms with E-state index < -0.39 is 34.5 Å². The molecule has 0 unspecified atom stereocenters. The van der Waals surface area contributed by atoms with E-state index in [2.05, 4.69) is 4.98 Å². The molecule has 3 aromatic rings. The van der Waals surface area contributed by atoms with E-state index in [-0.39, 0.29) is 25.6 Å². The monoisotopic (exact) mass is 581 g/mol. The molecule has 40 heavy (non-hydrogen) atoms. The first-order valence-electron chi connectivity index (χ1n) is 12.7. The molecule has 4 rings (SSSR count). The largest absolute Gasteiger partial charge is 0.487 e. The van der Waals surface area contributed by atoms with Gasteiger partial charge in [-0.05, 0) is 68.7 Å². The third kappa shape index (κ3) is 7.20. The van der Waals surface area contributed by atoms with Crippen LogP contribution in [0.1, 0.15) is 42.3 Å². The van der Waals surface area contributed by atoms with Crippen LogP contribution in [0.2, 0.25) is 0 Å². The van der Waals surface area contributed by atoms with Crippen molar-refractivity contribution in [2.45, 2.75) is 46.0 Å². The lowest BCUT2D eigenvalue weighted by Crippen LogP contribution is -2.44. The van der Waals surface area contributed by atoms with Crippen LogP contribution in [0.3, 0.4) is 0 Å². The minimum Gasteiger partial charge on any atom is -0.487 e. The Morgan fingerprint density at radius 3 is 2.48 bits per heavy atom. The molecule has 0 N–H and O–H groups in total. The lowest BCUT2D eigenvalue weighted by atomic mass is 10.1. The SMILES string of the molecule is CCOC(=O)CN(Cc1cccc(OCc2nc(-c3ccc(C(F)(F)F)cc3)oc2C)c1)S(=O)(=O)N1CCCC1. The number of rotatable bonds is 11. The van der Waals surface area contributed by atoms with Gasteiger partial charge in [-0.3, -0.25) is 4.79 Å². The molecule has 2 heterocycles. The molecular weight excluding hydrogens is 551 g/mol. The Balaban J connectivity index is 1.46. The van der Waals surface area contributed by atoms with E-state index >= 15 is 0 Å². The van der Waals surface area contributed by atoms with Crippen LogP contribution in [-0.2, 0) is 39.1 Å². The lowest BCUT2D eigenvalue weighted by molar-refractivity contribution is -0.143. The third-order valence-corrected chi connectivity index (χ3v) is 8.24. The average Bonchev–Trinajstić information content (AvgIpc) is 3.58. The number of hydrogen-bond acceptors (Lipinski definition) is 7. The Bertz CT molecular complexity index is 1420. The third-order valence-electron chi connectivity index (χ3n) is 6.31. The van der Waals surface area contributed by atoms with Crippen molar-refractivity contribution in [1.29, 1.82) is 0 Å². The minimum absolute atomic E-state index is 0.0119. The second-order valence-electron chi connectivity index (χ2n) is 9.22. The Kier molecular flexibility index (Phi) is 9.16. The summed E-state index contributed by atoms with van der Waals surface area (Å²) < 4.78 is 84.0. The molecule has 1 aliphatic heterocycles. The Morgan fingerprint density at radius 1 is 1.12 bits per heavy atom. The second-order valence-corrected chi connectivity index (χ2v) is 11.1. The van der Waals surface area contributed by atoms with Gasteiger partial charge in [-0.15, -0.1) is 0 Å². The fourth-order valence-electron chi connectivity index (χ4n) is 4.23. The van der Waals surface area contributed by atoms with E-state index in [4.69, 9.17) is 13.9 Å². The highest BCUT2D eigenvalue weighted by molar-refractivity contribution is 7.86. The van der Waals surface area contributed by atoms with Gasteiger partial charge >= 0.3 is 12.1 Å². The molecule has 1 aromatic heterocycles. The zero-order valence-corrected chi connectivity index (χ0v) is 22.9. The summed E-state index contributed by atoms with van der Waals surface area (Å²) in [7, 11) is -3.88. The number of carbonyl (C=O) groups is 1. The van der Waals surface area contributed by atoms with E-state index in [0.717, 1.165) is 29.3 Å². The average molecular weight is 582 g/mol. The number of aromatic nitrogens is 1. The summed E-state index contributed by atoms with van der Waals surface area (Å²) in [5.41, 5.74) is 0.690. The van der Waals surface area contributed by atoms with Crippen molar-refractivity contribution in [1.82, 2.24) is 13.6 Å². The van der Waals surface area contributed by atoms with Gasteiger partial charge in [0.1, 0.15) is 30.4 Å². The van der Waals surface area contributed by atoms with Crippen LogP contribution < -0.4 is 4.74 Å². The van der Waals surface area contributed by atoms with Crippen molar-refractivity contribution in [2.24, 2.45) is 0 Å². The zero-order valence-electron chi connectivity index (χ0n) is 22.1. The summed E-state index contributed by atoms with van der Waals surface area (Å²) in [6, 6.07) is 11.3. The quantitative estimate of drug-likeness (QED) is 0.295. The predicted molar refractivity (Wildman–Crippen MR) is 139 cm³/mol. The maximum absolute atomic E-state index is 13.2. The van der Waals surface area contributed by atoms with Crippen molar-refractivity contribution in [2.75, 3.05) is 26.2 Å². The Morgan fingerprint density at radius 2 is 1.82 bits per heavy atom. The molecule has 0 atom stereocenters. The molecule has 0 amide bonds. The number of benzene rings is 2. The highest BCUT2D eigenvalue weighted by Gasteiger charge is 2.33. The van der Waals surface area contributed by atoms with Crippen LogP contribution in [0.15, 0.2) is 52.9 Å². The van der Waals surface area contributed by atoms with Crippen LogP contribution in [0.5, 0.6) is 5.75 Å². The maximum Gasteiger partial charge on any atom is 0.416 e. The predicted octanol–water partition coefficient (Wildman–Crippen LogP) is 4.95. The first kappa shape index (κ1) is 29.6. The number of hydrogen-bond donors (Lipinski definition) is 0. The highest BCUT2D eigenvalue weighted by atomic mass is 32.2. The van der Waals surface area contributed by atoms with Gasteiger partial charge in [-0.25, -0.2) is 4.98 Å². The number of aryl methyl sites for hydroxylation is 1. The van der Waals surface area contributed by atoms with Gasteiger partial charge in [0.25, 0.3) is 10.2 Å². The number of carbonyl (C=O) groups excluding carboxylic acids is 1. The zero-order chi connectivity index (χ0) is 28.9. The first-order valence-corrected chi connectivity index (χ1v) is 14.1. The van der Waals surface area contributed by atoms with E-state index in [0.29, 0.717) is 41.4 Å². The fourth-order valence-corrected chi connectivity index (χ4v) is 5.85. The Labute approximate surface area is 230 Å². The van der Waals surface area contributed by atoms with Gasteiger partial charge in [0.05, 0.1) is 12.2 Å². The minimum atomic E-state index is -4.44. The molecule has 9 nitrogen and oxygen atoms in total. The van der Waals surface area contributed by atoms with Crippen molar-refractivity contribution in [3.8, 4) is 17.2 Å². The van der Waals surface area contributed by atoms with Crippen molar-refractivity contribution in [3.05, 3.63) is 71.1 Å². The van der Waals surface area contributed by atoms with Crippen LogP contribution in [-0.4, -0.2) is 54.2 Å². The molecule has 1 aliphatic rings. The standard InChI is InChI=1S/C27H30F3N3O6S/c1-3-37-25(34)17-33(40(35,36)32-13-4-5-14-32)16-20-7-6-8-23(15-20)38-18-24-19(2)39-26(31-24)21-9-11-22(12-10-21)27(28,29)30/h6-12,15H,3-5,13-14,16-18H2,1-2H3. The highest BCUT2D eigenvalue weighted by Crippen LogP contribution is 2.31. The summed E-state index contributed by atoms with van der Waals surface area (Å²) >= 11 is 0. The van der Waals surface area contributed by atoms with Crippen LogP contribution >= 0.6 is 0 Å². The summed E-state index contributed by atoms with van der Waals surface area (Å²) in [4.78, 5) is 16.6. The van der Waals surface area contributed by atoms with Crippen LogP contribution in [0.4, 0.5) is 13.2 Å². The molecule has 0 aliphatic carbocycles. The number of nitrogens with zero attached hydrogens (tertiary/aromatic N) is 3. The number of halogens is 3. The fraction of sp³-hybridized carbons (Fsp3) is 0.407. The number of alkyl halides is 3. The topological polar surface area (TPSA) is 102 Å². The van der Waals surface area contributed by atoms with Gasteiger partial charge in [0.2, 0.25) is 5.89 Å². The van der Waals surface area contributed by atoms with E-state index in [1.165, 1.54) is 16.4 Å². The number of ether oxygens (including phenoxy) is 2. The number of esters is 1. The molecule has 216 valence electrons. The summed E-state index contributed by atoms with van der Waals surface area (Å²) in [5.74, 6) is 0.414. The van der Waals surface area contributed by atoms with Gasteiger partial charge in [0, 0.05) is 25.2 Å². The molecule has 0 saturated carbocycles. The molecule has 1 fully saturated rings. The van der Waals surface area contributed by atoms with E-state index in [1.807, 2.05) is 0 Å². The van der Waals surface area contributed by atoms with Crippen molar-refractivity contribution < 1.29 is 40.3 Å². The molecular formula is C27H30F3N3O6S. The molecule has 1 saturated heterocycles. The maximum atomic E-state index is 13.2. The number of oxazole rings is 1.